The largest absolute Gasteiger partial charge is 0.385 e. The van der Waals surface area contributed by atoms with Gasteiger partial charge < -0.3 is 4.74 Å². The number of hydrogen-bond donors (Lipinski definition) is 0. The van der Waals surface area contributed by atoms with E-state index in [4.69, 9.17) is 4.74 Å². The molecular formula is C11H21BrO. The highest BCUT2D eigenvalue weighted by Gasteiger charge is 2.29. The lowest BCUT2D eigenvalue weighted by Crippen LogP contribution is -2.26. The molecule has 0 bridgehead atoms. The van der Waals surface area contributed by atoms with Gasteiger partial charge in [0.25, 0.3) is 0 Å². The number of ether oxygens (including phenoxy) is 1. The monoisotopic (exact) mass is 248 g/mol. The Labute approximate surface area is 90.4 Å². The van der Waals surface area contributed by atoms with Gasteiger partial charge in [0, 0.05) is 19.0 Å². The number of methoxy groups -OCH3 is 1. The maximum atomic E-state index is 5.11. The van der Waals surface area contributed by atoms with Crippen LogP contribution in [-0.4, -0.2) is 19.0 Å². The van der Waals surface area contributed by atoms with E-state index in [2.05, 4.69) is 15.9 Å². The van der Waals surface area contributed by atoms with E-state index in [1.807, 2.05) is 0 Å². The maximum absolute atomic E-state index is 5.11. The molecule has 1 aliphatic carbocycles. The summed E-state index contributed by atoms with van der Waals surface area (Å²) in [5.41, 5.74) is 0.608. The van der Waals surface area contributed by atoms with Gasteiger partial charge in [0.2, 0.25) is 0 Å². The first-order valence-electron chi connectivity index (χ1n) is 5.38. The molecule has 0 N–H and O–H groups in total. The Kier molecular flexibility index (Phi) is 5.34. The summed E-state index contributed by atoms with van der Waals surface area (Å²) in [5, 5.41) is 1.18. The third-order valence-electron chi connectivity index (χ3n) is 3.25. The van der Waals surface area contributed by atoms with Crippen molar-refractivity contribution in [2.24, 2.45) is 5.41 Å². The molecule has 0 amide bonds. The van der Waals surface area contributed by atoms with E-state index >= 15 is 0 Å². The first-order chi connectivity index (χ1) is 6.33. The molecular weight excluding hydrogens is 228 g/mol. The highest BCUT2D eigenvalue weighted by Crippen LogP contribution is 2.41. The van der Waals surface area contributed by atoms with Crippen molar-refractivity contribution in [2.45, 2.75) is 44.9 Å². The Balaban J connectivity index is 2.29. The average molecular weight is 249 g/mol. The number of hydrogen-bond acceptors (Lipinski definition) is 1. The zero-order valence-electron chi connectivity index (χ0n) is 8.65. The van der Waals surface area contributed by atoms with Crippen LogP contribution in [0.25, 0.3) is 0 Å². The van der Waals surface area contributed by atoms with Gasteiger partial charge in [-0.2, -0.15) is 0 Å². The maximum Gasteiger partial charge on any atom is 0.0462 e. The highest BCUT2D eigenvalue weighted by molar-refractivity contribution is 9.09. The first kappa shape index (κ1) is 11.5. The fourth-order valence-electron chi connectivity index (χ4n) is 2.34. The average Bonchev–Trinajstić information content (AvgIpc) is 2.20. The van der Waals surface area contributed by atoms with E-state index < -0.39 is 0 Å². The third-order valence-corrected chi connectivity index (χ3v) is 4.44. The standard InChI is InChI=1S/C11H21BrO/c1-13-9-5-8-11(10-12)6-3-2-4-7-11/h2-10H2,1H3. The molecule has 1 saturated carbocycles. The molecule has 0 aliphatic heterocycles. The van der Waals surface area contributed by atoms with Crippen molar-refractivity contribution >= 4 is 15.9 Å². The smallest absolute Gasteiger partial charge is 0.0462 e. The molecule has 0 saturated heterocycles. The molecule has 13 heavy (non-hydrogen) atoms. The van der Waals surface area contributed by atoms with Crippen molar-refractivity contribution in [3.63, 3.8) is 0 Å². The summed E-state index contributed by atoms with van der Waals surface area (Å²) in [6.07, 6.45) is 9.70. The van der Waals surface area contributed by atoms with E-state index in [9.17, 15) is 0 Å². The molecule has 2 heteroatoms. The lowest BCUT2D eigenvalue weighted by molar-refractivity contribution is 0.150. The van der Waals surface area contributed by atoms with Crippen LogP contribution >= 0.6 is 15.9 Å². The summed E-state index contributed by atoms with van der Waals surface area (Å²) >= 11 is 3.68. The minimum atomic E-state index is 0.608. The van der Waals surface area contributed by atoms with Crippen molar-refractivity contribution in [1.29, 1.82) is 0 Å². The van der Waals surface area contributed by atoms with Gasteiger partial charge in [-0.3, -0.25) is 0 Å². The van der Waals surface area contributed by atoms with Crippen molar-refractivity contribution in [2.75, 3.05) is 19.0 Å². The molecule has 0 heterocycles. The summed E-state index contributed by atoms with van der Waals surface area (Å²) in [5.74, 6) is 0. The van der Waals surface area contributed by atoms with E-state index in [0.717, 1.165) is 6.61 Å². The van der Waals surface area contributed by atoms with Crippen molar-refractivity contribution < 1.29 is 4.74 Å². The fourth-order valence-corrected chi connectivity index (χ4v) is 3.18. The normalized spacial score (nSPS) is 21.7. The van der Waals surface area contributed by atoms with Crippen LogP contribution in [0, 0.1) is 5.41 Å². The molecule has 0 atom stereocenters. The summed E-state index contributed by atoms with van der Waals surface area (Å²) in [6, 6.07) is 0. The van der Waals surface area contributed by atoms with E-state index in [1.165, 1.54) is 50.3 Å². The molecule has 0 spiro atoms. The predicted molar refractivity (Wildman–Crippen MR) is 60.4 cm³/mol. The summed E-state index contributed by atoms with van der Waals surface area (Å²) < 4.78 is 5.11. The quantitative estimate of drug-likeness (QED) is 0.532. The molecule has 0 aromatic carbocycles. The second-order valence-corrected chi connectivity index (χ2v) is 4.85. The van der Waals surface area contributed by atoms with Gasteiger partial charge in [0.05, 0.1) is 0 Å². The Morgan fingerprint density at radius 2 is 1.92 bits per heavy atom. The molecule has 0 aromatic heterocycles. The van der Waals surface area contributed by atoms with Gasteiger partial charge in [-0.1, -0.05) is 35.2 Å². The van der Waals surface area contributed by atoms with Crippen molar-refractivity contribution in [3.8, 4) is 0 Å². The minimum Gasteiger partial charge on any atom is -0.385 e. The zero-order valence-corrected chi connectivity index (χ0v) is 10.2. The molecule has 0 radical (unpaired) electrons. The van der Waals surface area contributed by atoms with Crippen molar-refractivity contribution in [3.05, 3.63) is 0 Å². The molecule has 1 rings (SSSR count). The van der Waals surface area contributed by atoms with Crippen LogP contribution < -0.4 is 0 Å². The van der Waals surface area contributed by atoms with Gasteiger partial charge in [-0.25, -0.2) is 0 Å². The minimum absolute atomic E-state index is 0.608. The van der Waals surface area contributed by atoms with E-state index in [-0.39, 0.29) is 0 Å². The van der Waals surface area contributed by atoms with Crippen LogP contribution in [0.2, 0.25) is 0 Å². The van der Waals surface area contributed by atoms with Crippen molar-refractivity contribution in [1.82, 2.24) is 0 Å². The van der Waals surface area contributed by atoms with E-state index in [0.29, 0.717) is 5.41 Å². The summed E-state index contributed by atoms with van der Waals surface area (Å²) in [6.45, 7) is 0.925. The Morgan fingerprint density at radius 1 is 1.23 bits per heavy atom. The Morgan fingerprint density at radius 3 is 2.46 bits per heavy atom. The molecule has 0 unspecified atom stereocenters. The number of rotatable bonds is 5. The van der Waals surface area contributed by atoms with E-state index in [1.54, 1.807) is 7.11 Å². The van der Waals surface area contributed by atoms with Gasteiger partial charge >= 0.3 is 0 Å². The van der Waals surface area contributed by atoms with Crippen LogP contribution in [0.1, 0.15) is 44.9 Å². The lowest BCUT2D eigenvalue weighted by atomic mass is 9.73. The molecule has 1 aliphatic rings. The Bertz CT molecular complexity index is 130. The summed E-state index contributed by atoms with van der Waals surface area (Å²) in [7, 11) is 1.79. The van der Waals surface area contributed by atoms with Crippen LogP contribution in [0.5, 0.6) is 0 Å². The number of alkyl halides is 1. The van der Waals surface area contributed by atoms with Crippen LogP contribution in [-0.2, 0) is 4.74 Å². The number of halogens is 1. The first-order valence-corrected chi connectivity index (χ1v) is 6.50. The predicted octanol–water partition coefficient (Wildman–Crippen LogP) is 3.76. The molecule has 78 valence electrons. The van der Waals surface area contributed by atoms with Gasteiger partial charge in [-0.15, -0.1) is 0 Å². The second kappa shape index (κ2) is 6.02. The molecule has 1 nitrogen and oxygen atoms in total. The lowest BCUT2D eigenvalue weighted by Gasteiger charge is -2.35. The molecule has 0 aromatic rings. The summed E-state index contributed by atoms with van der Waals surface area (Å²) in [4.78, 5) is 0. The van der Waals surface area contributed by atoms with Crippen LogP contribution in [0.15, 0.2) is 0 Å². The highest BCUT2D eigenvalue weighted by atomic mass is 79.9. The zero-order chi connectivity index (χ0) is 9.57. The molecule has 1 fully saturated rings. The Hall–Kier alpha value is 0.440. The fraction of sp³-hybridized carbons (Fsp3) is 1.00. The van der Waals surface area contributed by atoms with Gasteiger partial charge in [-0.05, 0) is 31.1 Å². The SMILES string of the molecule is COCCCC1(CBr)CCCCC1. The second-order valence-electron chi connectivity index (χ2n) is 4.29. The topological polar surface area (TPSA) is 9.23 Å². The van der Waals surface area contributed by atoms with Crippen LogP contribution in [0.4, 0.5) is 0 Å². The van der Waals surface area contributed by atoms with Gasteiger partial charge in [0.1, 0.15) is 0 Å². The van der Waals surface area contributed by atoms with Gasteiger partial charge in [0.15, 0.2) is 0 Å². The third kappa shape index (κ3) is 3.59. The van der Waals surface area contributed by atoms with Crippen LogP contribution in [0.3, 0.4) is 0 Å².